The van der Waals surface area contributed by atoms with Gasteiger partial charge in [-0.2, -0.15) is 0 Å². The second kappa shape index (κ2) is 14.8. The Labute approximate surface area is 266 Å². The first kappa shape index (κ1) is 35.4. The Hall–Kier alpha value is -4.08. The van der Waals surface area contributed by atoms with Crippen molar-refractivity contribution in [2.45, 2.75) is 116 Å². The summed E-state index contributed by atoms with van der Waals surface area (Å²) in [4.78, 5) is 56.5. The number of hydrogen-bond acceptors (Lipinski definition) is 7. The summed E-state index contributed by atoms with van der Waals surface area (Å²) in [7, 11) is 0. The molecular formula is C35H49N3O7. The third-order valence-corrected chi connectivity index (χ3v) is 6.92. The second-order valence-corrected chi connectivity index (χ2v) is 14.1. The van der Waals surface area contributed by atoms with Gasteiger partial charge < -0.3 is 30.1 Å². The molecule has 1 aliphatic rings. The van der Waals surface area contributed by atoms with Gasteiger partial charge in [-0.3, -0.25) is 9.59 Å². The first-order chi connectivity index (χ1) is 20.9. The maximum absolute atomic E-state index is 14.4. The van der Waals surface area contributed by atoms with Gasteiger partial charge in [-0.05, 0) is 90.0 Å². The van der Waals surface area contributed by atoms with E-state index in [1.54, 1.807) is 53.7 Å². The number of nitrogens with one attached hydrogen (secondary N) is 2. The first-order valence-corrected chi connectivity index (χ1v) is 15.6. The van der Waals surface area contributed by atoms with E-state index in [1.807, 2.05) is 44.2 Å². The minimum Gasteiger partial charge on any atom is -0.508 e. The average molecular weight is 624 g/mol. The van der Waals surface area contributed by atoms with Gasteiger partial charge in [0, 0.05) is 12.5 Å². The van der Waals surface area contributed by atoms with Gasteiger partial charge in [-0.15, -0.1) is 0 Å². The van der Waals surface area contributed by atoms with Gasteiger partial charge in [0.15, 0.2) is 0 Å². The minimum absolute atomic E-state index is 0.00203. The van der Waals surface area contributed by atoms with E-state index in [4.69, 9.17) is 9.47 Å². The van der Waals surface area contributed by atoms with Crippen molar-refractivity contribution in [2.24, 2.45) is 5.92 Å². The number of phenols is 1. The summed E-state index contributed by atoms with van der Waals surface area (Å²) < 4.78 is 11.1. The SMILES string of the molecule is CC(C)CC(NC(=O)OC(C)(C)C)C(=O)N(C1CC1)C(C(=O)NC(Cc1ccccc1)C(=O)OC(C)(C)C)c1ccc(O)cc1. The number of rotatable bonds is 12. The van der Waals surface area contributed by atoms with Crippen LogP contribution >= 0.6 is 0 Å². The van der Waals surface area contributed by atoms with Crippen LogP contribution in [-0.2, 0) is 30.3 Å². The summed E-state index contributed by atoms with van der Waals surface area (Å²) in [6.07, 6.45) is 1.12. The third-order valence-electron chi connectivity index (χ3n) is 6.92. The van der Waals surface area contributed by atoms with E-state index in [0.29, 0.717) is 24.8 Å². The van der Waals surface area contributed by atoms with Gasteiger partial charge in [0.25, 0.3) is 0 Å². The van der Waals surface area contributed by atoms with Crippen molar-refractivity contribution >= 4 is 23.9 Å². The lowest BCUT2D eigenvalue weighted by Gasteiger charge is -2.36. The summed E-state index contributed by atoms with van der Waals surface area (Å²) in [5, 5.41) is 15.6. The Balaban J connectivity index is 2.02. The predicted octanol–water partition coefficient (Wildman–Crippen LogP) is 5.43. The summed E-state index contributed by atoms with van der Waals surface area (Å²) in [6, 6.07) is 11.9. The van der Waals surface area contributed by atoms with Crippen LogP contribution in [-0.4, -0.2) is 63.2 Å². The zero-order valence-corrected chi connectivity index (χ0v) is 27.8. The number of nitrogens with zero attached hydrogens (tertiary/aromatic N) is 1. The maximum atomic E-state index is 14.4. The highest BCUT2D eigenvalue weighted by Gasteiger charge is 2.45. The summed E-state index contributed by atoms with van der Waals surface area (Å²) in [5.41, 5.74) is -0.284. The van der Waals surface area contributed by atoms with Gasteiger partial charge in [0.2, 0.25) is 11.8 Å². The quantitative estimate of drug-likeness (QED) is 0.268. The predicted molar refractivity (Wildman–Crippen MR) is 171 cm³/mol. The number of carbonyl (C=O) groups excluding carboxylic acids is 4. The number of aromatic hydroxyl groups is 1. The van der Waals surface area contributed by atoms with E-state index < -0.39 is 53.2 Å². The number of benzene rings is 2. The van der Waals surface area contributed by atoms with Crippen LogP contribution in [0.2, 0.25) is 0 Å². The van der Waals surface area contributed by atoms with E-state index in [-0.39, 0.29) is 24.1 Å². The molecule has 1 saturated carbocycles. The number of amides is 3. The molecule has 45 heavy (non-hydrogen) atoms. The molecule has 0 saturated heterocycles. The lowest BCUT2D eigenvalue weighted by atomic mass is 9.98. The van der Waals surface area contributed by atoms with Crippen molar-refractivity contribution in [3.05, 3.63) is 65.7 Å². The average Bonchev–Trinajstić information content (AvgIpc) is 3.75. The molecule has 1 aliphatic carbocycles. The fraction of sp³-hybridized carbons (Fsp3) is 0.543. The molecule has 0 radical (unpaired) electrons. The Bertz CT molecular complexity index is 1310. The molecule has 0 bridgehead atoms. The summed E-state index contributed by atoms with van der Waals surface area (Å²) in [5.74, 6) is -1.56. The fourth-order valence-corrected chi connectivity index (χ4v) is 4.95. The van der Waals surface area contributed by atoms with Crippen LogP contribution < -0.4 is 10.6 Å². The van der Waals surface area contributed by atoms with Gasteiger partial charge in [0.05, 0.1) is 0 Å². The molecule has 3 N–H and O–H groups in total. The van der Waals surface area contributed by atoms with Crippen LogP contribution in [0.4, 0.5) is 4.79 Å². The molecule has 1 fully saturated rings. The normalized spacial score (nSPS) is 15.4. The van der Waals surface area contributed by atoms with Crippen LogP contribution in [0, 0.1) is 5.92 Å². The van der Waals surface area contributed by atoms with Gasteiger partial charge in [-0.1, -0.05) is 56.3 Å². The molecule has 0 heterocycles. The lowest BCUT2D eigenvalue weighted by Crippen LogP contribution is -2.55. The van der Waals surface area contributed by atoms with Crippen molar-refractivity contribution < 1.29 is 33.8 Å². The Morgan fingerprint density at radius 3 is 1.93 bits per heavy atom. The van der Waals surface area contributed by atoms with Gasteiger partial charge in [0.1, 0.15) is 35.1 Å². The monoisotopic (exact) mass is 623 g/mol. The largest absolute Gasteiger partial charge is 0.508 e. The van der Waals surface area contributed by atoms with Crippen molar-refractivity contribution in [3.63, 3.8) is 0 Å². The van der Waals surface area contributed by atoms with E-state index in [2.05, 4.69) is 10.6 Å². The Morgan fingerprint density at radius 2 is 1.42 bits per heavy atom. The third kappa shape index (κ3) is 11.4. The molecule has 3 unspecified atom stereocenters. The smallest absolute Gasteiger partial charge is 0.408 e. The van der Waals surface area contributed by atoms with E-state index in [0.717, 1.165) is 5.56 Å². The molecule has 10 nitrogen and oxygen atoms in total. The molecule has 3 rings (SSSR count). The van der Waals surface area contributed by atoms with Gasteiger partial charge in [-0.25, -0.2) is 9.59 Å². The van der Waals surface area contributed by atoms with Crippen LogP contribution in [0.25, 0.3) is 0 Å². The number of esters is 1. The highest BCUT2D eigenvalue weighted by Crippen LogP contribution is 2.36. The Kier molecular flexibility index (Phi) is 11.6. The standard InChI is InChI=1S/C35H49N3O7/c1-22(2)20-27(37-33(43)45-35(6,7)8)31(41)38(25-16-17-25)29(24-14-18-26(39)19-15-24)30(40)36-28(32(42)44-34(3,4)5)21-23-12-10-9-11-13-23/h9-15,18-19,22,25,27-29,39H,16-17,20-21H2,1-8H3,(H,36,40)(H,37,43). The number of ether oxygens (including phenoxy) is 2. The van der Waals surface area contributed by atoms with Crippen LogP contribution in [0.1, 0.15) is 91.8 Å². The molecule has 2 aromatic carbocycles. The van der Waals surface area contributed by atoms with E-state index in [1.165, 1.54) is 17.0 Å². The van der Waals surface area contributed by atoms with Crippen LogP contribution in [0.3, 0.4) is 0 Å². The summed E-state index contributed by atoms with van der Waals surface area (Å²) in [6.45, 7) is 14.4. The molecule has 2 aromatic rings. The molecule has 0 spiro atoms. The van der Waals surface area contributed by atoms with E-state index >= 15 is 0 Å². The molecule has 0 aromatic heterocycles. The topological polar surface area (TPSA) is 134 Å². The second-order valence-electron chi connectivity index (χ2n) is 14.1. The molecule has 246 valence electrons. The van der Waals surface area contributed by atoms with Crippen molar-refractivity contribution in [2.75, 3.05) is 0 Å². The van der Waals surface area contributed by atoms with Crippen molar-refractivity contribution in [3.8, 4) is 5.75 Å². The minimum atomic E-state index is -1.15. The Morgan fingerprint density at radius 1 is 0.844 bits per heavy atom. The zero-order valence-electron chi connectivity index (χ0n) is 27.8. The molecule has 10 heteroatoms. The highest BCUT2D eigenvalue weighted by molar-refractivity contribution is 5.94. The van der Waals surface area contributed by atoms with E-state index in [9.17, 15) is 24.3 Å². The highest BCUT2D eigenvalue weighted by atomic mass is 16.6. The van der Waals surface area contributed by atoms with Gasteiger partial charge >= 0.3 is 12.1 Å². The number of phenolic OH excluding ortho intramolecular Hbond substituents is 1. The van der Waals surface area contributed by atoms with Crippen molar-refractivity contribution in [1.82, 2.24) is 15.5 Å². The molecular weight excluding hydrogens is 574 g/mol. The maximum Gasteiger partial charge on any atom is 0.408 e. The molecule has 3 atom stereocenters. The number of carbonyl (C=O) groups is 4. The van der Waals surface area contributed by atoms with Crippen LogP contribution in [0.15, 0.2) is 54.6 Å². The number of hydrogen-bond donors (Lipinski definition) is 3. The molecule has 3 amide bonds. The van der Waals surface area contributed by atoms with Crippen LogP contribution in [0.5, 0.6) is 5.75 Å². The van der Waals surface area contributed by atoms with Crippen molar-refractivity contribution in [1.29, 1.82) is 0 Å². The zero-order chi connectivity index (χ0) is 33.5. The lowest BCUT2D eigenvalue weighted by molar-refractivity contribution is -0.159. The summed E-state index contributed by atoms with van der Waals surface area (Å²) >= 11 is 0. The fourth-order valence-electron chi connectivity index (χ4n) is 4.95. The first-order valence-electron chi connectivity index (χ1n) is 15.6. The molecule has 0 aliphatic heterocycles. The number of alkyl carbamates (subject to hydrolysis) is 1.